The highest BCUT2D eigenvalue weighted by Crippen LogP contribution is 2.29. The summed E-state index contributed by atoms with van der Waals surface area (Å²) < 4.78 is 51.7. The van der Waals surface area contributed by atoms with E-state index in [9.17, 15) is 17.6 Å². The van der Waals surface area contributed by atoms with Crippen molar-refractivity contribution in [3.8, 4) is 11.5 Å². The molecular formula is C19H22FNO6S. The molecule has 7 nitrogen and oxygen atoms in total. The topological polar surface area (TPSA) is 102 Å². The van der Waals surface area contributed by atoms with Gasteiger partial charge in [-0.25, -0.2) is 22.3 Å². The third-order valence-electron chi connectivity index (χ3n) is 3.76. The summed E-state index contributed by atoms with van der Waals surface area (Å²) in [4.78, 5) is 10.3. The van der Waals surface area contributed by atoms with Crippen LogP contribution in [0.1, 0.15) is 29.8 Å². The van der Waals surface area contributed by atoms with Gasteiger partial charge < -0.3 is 14.6 Å². The molecule has 2 rings (SSSR count). The van der Waals surface area contributed by atoms with Gasteiger partial charge in [-0.2, -0.15) is 0 Å². The highest BCUT2D eigenvalue weighted by atomic mass is 32.2. The minimum absolute atomic E-state index is 0.00733. The molecule has 0 aliphatic carbocycles. The second kappa shape index (κ2) is 9.03. The molecule has 2 aromatic carbocycles. The lowest BCUT2D eigenvalue weighted by Crippen LogP contribution is -2.27. The summed E-state index contributed by atoms with van der Waals surface area (Å²) in [6.45, 7) is 3.77. The Balaban J connectivity index is 2.10. The molecule has 0 spiro atoms. The third-order valence-corrected chi connectivity index (χ3v) is 5.24. The van der Waals surface area contributed by atoms with Crippen LogP contribution in [0, 0.1) is 5.82 Å². The summed E-state index contributed by atoms with van der Waals surface area (Å²) in [6.07, 6.45) is 0.292. The van der Waals surface area contributed by atoms with E-state index in [1.165, 1.54) is 7.11 Å². The van der Waals surface area contributed by atoms with Crippen LogP contribution in [0.15, 0.2) is 41.3 Å². The van der Waals surface area contributed by atoms with Gasteiger partial charge in [0.25, 0.3) is 0 Å². The average Bonchev–Trinajstić information content (AvgIpc) is 2.62. The van der Waals surface area contributed by atoms with Gasteiger partial charge in [-0.05, 0) is 56.2 Å². The van der Waals surface area contributed by atoms with Gasteiger partial charge in [0.15, 0.2) is 11.5 Å². The molecule has 0 atom stereocenters. The van der Waals surface area contributed by atoms with E-state index in [-0.39, 0.29) is 18.2 Å². The Morgan fingerprint density at radius 3 is 2.50 bits per heavy atom. The lowest BCUT2D eigenvalue weighted by Gasteiger charge is -2.14. The molecule has 152 valence electrons. The molecule has 0 aliphatic rings. The van der Waals surface area contributed by atoms with Gasteiger partial charge in [0.05, 0.1) is 18.8 Å². The smallest absolute Gasteiger partial charge is 0.335 e. The van der Waals surface area contributed by atoms with Crippen LogP contribution in [0.3, 0.4) is 0 Å². The minimum Gasteiger partial charge on any atom is -0.493 e. The Kier molecular flexibility index (Phi) is 6.98. The van der Waals surface area contributed by atoms with Crippen molar-refractivity contribution in [2.45, 2.75) is 31.3 Å². The van der Waals surface area contributed by atoms with Crippen LogP contribution in [0.2, 0.25) is 0 Å². The van der Waals surface area contributed by atoms with Crippen molar-refractivity contribution in [3.05, 3.63) is 53.3 Å². The molecule has 0 amide bonds. The normalized spacial score (nSPS) is 11.5. The van der Waals surface area contributed by atoms with E-state index < -0.39 is 26.7 Å². The summed E-state index contributed by atoms with van der Waals surface area (Å²) in [6, 6.07) is 7.86. The second-order valence-electron chi connectivity index (χ2n) is 6.25. The van der Waals surface area contributed by atoms with Crippen molar-refractivity contribution in [1.82, 2.24) is 4.72 Å². The number of hydrogen-bond acceptors (Lipinski definition) is 5. The number of carbonyl (C=O) groups is 1. The van der Waals surface area contributed by atoms with Gasteiger partial charge in [-0.3, -0.25) is 0 Å². The number of methoxy groups -OCH3 is 1. The maximum Gasteiger partial charge on any atom is 0.335 e. The van der Waals surface area contributed by atoms with E-state index in [0.29, 0.717) is 17.9 Å². The van der Waals surface area contributed by atoms with Crippen molar-refractivity contribution in [2.24, 2.45) is 0 Å². The molecule has 0 radical (unpaired) electrons. The van der Waals surface area contributed by atoms with Crippen molar-refractivity contribution >= 4 is 16.0 Å². The zero-order chi connectivity index (χ0) is 20.9. The Morgan fingerprint density at radius 2 is 1.89 bits per heavy atom. The molecule has 0 saturated carbocycles. The largest absolute Gasteiger partial charge is 0.493 e. The van der Waals surface area contributed by atoms with E-state index in [1.807, 2.05) is 13.8 Å². The monoisotopic (exact) mass is 411 g/mol. The lowest BCUT2D eigenvalue weighted by molar-refractivity contribution is 0.0696. The van der Waals surface area contributed by atoms with Crippen molar-refractivity contribution in [1.29, 1.82) is 0 Å². The van der Waals surface area contributed by atoms with Crippen molar-refractivity contribution in [3.63, 3.8) is 0 Å². The first-order valence-corrected chi connectivity index (χ1v) is 9.98. The molecule has 28 heavy (non-hydrogen) atoms. The van der Waals surface area contributed by atoms with Crippen LogP contribution in [0.4, 0.5) is 4.39 Å². The number of aromatic carboxylic acids is 1. The van der Waals surface area contributed by atoms with Crippen LogP contribution in [0.25, 0.3) is 0 Å². The first-order chi connectivity index (χ1) is 13.1. The maximum atomic E-state index is 13.9. The number of rotatable bonds is 9. The van der Waals surface area contributed by atoms with Crippen LogP contribution >= 0.6 is 0 Å². The van der Waals surface area contributed by atoms with E-state index in [4.69, 9.17) is 14.6 Å². The summed E-state index contributed by atoms with van der Waals surface area (Å²) in [7, 11) is -2.69. The van der Waals surface area contributed by atoms with Crippen molar-refractivity contribution in [2.75, 3.05) is 13.7 Å². The number of ether oxygens (including phenoxy) is 2. The molecule has 0 aromatic heterocycles. The Hall–Kier alpha value is -2.65. The number of hydrogen-bond donors (Lipinski definition) is 2. The molecule has 0 bridgehead atoms. The fraction of sp³-hybridized carbons (Fsp3) is 0.316. The predicted molar refractivity (Wildman–Crippen MR) is 101 cm³/mol. The van der Waals surface area contributed by atoms with E-state index in [1.54, 1.807) is 18.2 Å². The van der Waals surface area contributed by atoms with Gasteiger partial charge in [0.1, 0.15) is 10.7 Å². The molecule has 2 aromatic rings. The summed E-state index contributed by atoms with van der Waals surface area (Å²) in [5, 5.41) is 8.96. The minimum atomic E-state index is -4.20. The zero-order valence-electron chi connectivity index (χ0n) is 15.7. The van der Waals surface area contributed by atoms with Crippen LogP contribution in [0.5, 0.6) is 11.5 Å². The van der Waals surface area contributed by atoms with Crippen LogP contribution < -0.4 is 14.2 Å². The number of halogens is 1. The maximum absolute atomic E-state index is 13.9. The first-order valence-electron chi connectivity index (χ1n) is 8.50. The van der Waals surface area contributed by atoms with E-state index in [0.717, 1.165) is 23.8 Å². The van der Waals surface area contributed by atoms with Gasteiger partial charge in [0, 0.05) is 6.54 Å². The zero-order valence-corrected chi connectivity index (χ0v) is 16.5. The molecule has 0 unspecified atom stereocenters. The number of carboxylic acid groups (broad SMARTS) is 1. The van der Waals surface area contributed by atoms with Crippen molar-refractivity contribution < 1.29 is 32.2 Å². The lowest BCUT2D eigenvalue weighted by atomic mass is 10.1. The standard InChI is InChI=1S/C19H22FNO6S/c1-12(2)27-16-7-4-13(10-17(16)26-3)8-9-21-28(24,25)18-11-14(19(22)23)5-6-15(18)20/h4-7,10-12,21H,8-9H2,1-3H3,(H,22,23). The Labute approximate surface area is 163 Å². The second-order valence-corrected chi connectivity index (χ2v) is 7.99. The molecule has 0 heterocycles. The highest BCUT2D eigenvalue weighted by Gasteiger charge is 2.21. The highest BCUT2D eigenvalue weighted by molar-refractivity contribution is 7.89. The number of carboxylic acids is 1. The summed E-state index contributed by atoms with van der Waals surface area (Å²) in [5.41, 5.74) is 0.475. The third kappa shape index (κ3) is 5.43. The average molecular weight is 411 g/mol. The van der Waals surface area contributed by atoms with Crippen LogP contribution in [-0.4, -0.2) is 39.3 Å². The Morgan fingerprint density at radius 1 is 1.18 bits per heavy atom. The number of benzene rings is 2. The van der Waals surface area contributed by atoms with E-state index >= 15 is 0 Å². The fourth-order valence-corrected chi connectivity index (χ4v) is 3.60. The first kappa shape index (κ1) is 21.6. The van der Waals surface area contributed by atoms with Gasteiger partial charge in [-0.1, -0.05) is 6.07 Å². The SMILES string of the molecule is COc1cc(CCNS(=O)(=O)c2cc(C(=O)O)ccc2F)ccc1OC(C)C. The molecular weight excluding hydrogens is 389 g/mol. The molecule has 0 fully saturated rings. The van der Waals surface area contributed by atoms with Gasteiger partial charge >= 0.3 is 5.97 Å². The predicted octanol–water partition coefficient (Wildman–Crippen LogP) is 2.84. The Bertz CT molecular complexity index is 959. The van der Waals surface area contributed by atoms with E-state index in [2.05, 4.69) is 4.72 Å². The molecule has 0 saturated heterocycles. The number of sulfonamides is 1. The molecule has 0 aliphatic heterocycles. The number of nitrogens with one attached hydrogen (secondary N) is 1. The van der Waals surface area contributed by atoms with Gasteiger partial charge in [0.2, 0.25) is 10.0 Å². The van der Waals surface area contributed by atoms with Gasteiger partial charge in [-0.15, -0.1) is 0 Å². The summed E-state index contributed by atoms with van der Waals surface area (Å²) >= 11 is 0. The molecule has 9 heteroatoms. The quantitative estimate of drug-likeness (QED) is 0.658. The van der Waals surface area contributed by atoms with Crippen LogP contribution in [-0.2, 0) is 16.4 Å². The summed E-state index contributed by atoms with van der Waals surface area (Å²) in [5.74, 6) is -1.26. The molecule has 2 N–H and O–H groups in total. The fourth-order valence-electron chi connectivity index (χ4n) is 2.47.